The molecule has 2 fully saturated rings. The van der Waals surface area contributed by atoms with Crippen LogP contribution in [0.5, 0.6) is 0 Å². The van der Waals surface area contributed by atoms with Crippen LogP contribution in [0.1, 0.15) is 13.3 Å². The van der Waals surface area contributed by atoms with Gasteiger partial charge in [-0.05, 0) is 0 Å². The Morgan fingerprint density at radius 3 is 2.36 bits per heavy atom. The van der Waals surface area contributed by atoms with Gasteiger partial charge < -0.3 is 65.5 Å². The highest BCUT2D eigenvalue weighted by atomic mass is 16.7. The lowest BCUT2D eigenvalue weighted by molar-refractivity contribution is -0.319. The topological polar surface area (TPSA) is 242 Å². The first-order chi connectivity index (χ1) is 15.5. The highest BCUT2D eigenvalue weighted by Crippen LogP contribution is 2.45. The summed E-state index contributed by atoms with van der Waals surface area (Å²) in [6.07, 6.45) is -12.4. The predicted octanol–water partition coefficient (Wildman–Crippen LogP) is -4.69. The first kappa shape index (κ1) is 28.2. The molecule has 2 rings (SSSR count). The average molecular weight is 485 g/mol. The van der Waals surface area contributed by atoms with Crippen LogP contribution < -0.4 is 5.73 Å². The summed E-state index contributed by atoms with van der Waals surface area (Å²) >= 11 is 0. The molecule has 2 aliphatic heterocycles. The molecule has 2 saturated heterocycles. The molecule has 0 radical (unpaired) electrons. The van der Waals surface area contributed by atoms with Crippen LogP contribution in [0.4, 0.5) is 0 Å². The first-order valence-corrected chi connectivity index (χ1v) is 10.5. The second-order valence-electron chi connectivity index (χ2n) is 8.44. The van der Waals surface area contributed by atoms with Crippen molar-refractivity contribution in [2.75, 3.05) is 27.1 Å². The van der Waals surface area contributed by atoms with Gasteiger partial charge in [0.2, 0.25) is 0 Å². The van der Waals surface area contributed by atoms with Gasteiger partial charge in [-0.3, -0.25) is 0 Å². The van der Waals surface area contributed by atoms with E-state index in [1.54, 1.807) is 0 Å². The Labute approximate surface area is 190 Å². The number of aliphatic hydroxyl groups excluding tert-OH is 7. The number of ether oxygens (including phenoxy) is 4. The second kappa shape index (κ2) is 11.6. The summed E-state index contributed by atoms with van der Waals surface area (Å²) in [7, 11) is 1.25. The number of methoxy groups -OCH3 is 1. The van der Waals surface area contributed by atoms with E-state index >= 15 is 0 Å². The molecule has 2 heterocycles. The zero-order valence-corrected chi connectivity index (χ0v) is 18.4. The van der Waals surface area contributed by atoms with E-state index in [9.17, 15) is 45.6 Å². The number of nitrogens with two attached hydrogens (primary N) is 1. The van der Waals surface area contributed by atoms with E-state index in [1.807, 2.05) is 0 Å². The Kier molecular flexibility index (Phi) is 9.93. The maximum absolute atomic E-state index is 12.5. The third-order valence-electron chi connectivity index (χ3n) is 6.69. The number of hydrogen-bond donors (Lipinski definition) is 9. The van der Waals surface area contributed by atoms with Crippen molar-refractivity contribution in [3.8, 4) is 0 Å². The highest BCUT2D eigenvalue weighted by Gasteiger charge is 2.61. The maximum atomic E-state index is 12.5. The highest BCUT2D eigenvalue weighted by molar-refractivity contribution is 5.78. The van der Waals surface area contributed by atoms with Crippen LogP contribution in [0.15, 0.2) is 0 Å². The van der Waals surface area contributed by atoms with Crippen LogP contribution in [0.2, 0.25) is 0 Å². The third-order valence-corrected chi connectivity index (χ3v) is 6.69. The minimum absolute atomic E-state index is 0.555. The number of hydrogen-bond acceptors (Lipinski definition) is 13. The molecule has 0 amide bonds. The number of carboxylic acids is 1. The van der Waals surface area contributed by atoms with Crippen LogP contribution >= 0.6 is 0 Å². The molecule has 0 bridgehead atoms. The third kappa shape index (κ3) is 5.32. The molecule has 0 aromatic heterocycles. The molecule has 0 aromatic carbocycles. The first-order valence-electron chi connectivity index (χ1n) is 10.5. The molecule has 0 spiro atoms. The summed E-state index contributed by atoms with van der Waals surface area (Å²) in [6, 6.07) is -1.30. The summed E-state index contributed by atoms with van der Waals surface area (Å²) in [5, 5.41) is 80.0. The molecule has 14 nitrogen and oxygen atoms in total. The van der Waals surface area contributed by atoms with Crippen LogP contribution in [0, 0.1) is 11.8 Å². The smallest absolute Gasteiger partial charge is 0.336 e. The molecule has 194 valence electrons. The van der Waals surface area contributed by atoms with Crippen molar-refractivity contribution in [1.29, 1.82) is 0 Å². The lowest BCUT2D eigenvalue weighted by atomic mass is 9.67. The van der Waals surface area contributed by atoms with Crippen LogP contribution in [-0.4, -0.2) is 135 Å². The monoisotopic (exact) mass is 485 g/mol. The Morgan fingerprint density at radius 1 is 1.24 bits per heavy atom. The summed E-state index contributed by atoms with van der Waals surface area (Å²) in [5.74, 6) is -3.95. The second-order valence-corrected chi connectivity index (χ2v) is 8.44. The number of aliphatic carboxylic acids is 1. The van der Waals surface area contributed by atoms with E-state index in [0.717, 1.165) is 0 Å². The van der Waals surface area contributed by atoms with Gasteiger partial charge in [-0.15, -0.1) is 0 Å². The minimum Gasteiger partial charge on any atom is -0.479 e. The average Bonchev–Trinajstić information content (AvgIpc) is 2.79. The van der Waals surface area contributed by atoms with Crippen LogP contribution in [0.25, 0.3) is 0 Å². The van der Waals surface area contributed by atoms with Gasteiger partial charge in [0.25, 0.3) is 0 Å². The molecular formula is C19H35NO13. The fourth-order valence-electron chi connectivity index (χ4n) is 4.75. The molecule has 0 aliphatic carbocycles. The van der Waals surface area contributed by atoms with Crippen LogP contribution in [-0.2, 0) is 23.7 Å². The van der Waals surface area contributed by atoms with Gasteiger partial charge in [-0.25, -0.2) is 4.79 Å². The molecule has 2 aliphatic rings. The van der Waals surface area contributed by atoms with Crippen molar-refractivity contribution in [2.24, 2.45) is 17.6 Å². The summed E-state index contributed by atoms with van der Waals surface area (Å²) in [4.78, 5) is 12.5. The number of carbonyl (C=O) groups is 1. The zero-order chi connectivity index (χ0) is 25.1. The molecule has 10 N–H and O–H groups in total. The normalized spacial score (nSPS) is 42.5. The standard InChI is InChI=1S/C19H35NO13/c1-7(11-14(27)10(5-22)32-17(30-2)15(11)31-6-23)19(18(28)29)3-8(24)12(20)16(33-19)13(26)9(25)4-21/h7-17,21-27H,3-6,20H2,1-2H3,(H,28,29)/t7?,8-,9-,10?,11+,12-,13-,14+,15?,16?,17-,19+/m1/s1. The number of carboxylic acid groups (broad SMARTS) is 1. The summed E-state index contributed by atoms with van der Waals surface area (Å²) in [6.45, 7) is -0.962. The van der Waals surface area contributed by atoms with E-state index in [0.29, 0.717) is 0 Å². The molecule has 33 heavy (non-hydrogen) atoms. The zero-order valence-electron chi connectivity index (χ0n) is 18.4. The molecule has 12 atom stereocenters. The van der Waals surface area contributed by atoms with E-state index in [1.165, 1.54) is 14.0 Å². The van der Waals surface area contributed by atoms with Gasteiger partial charge in [0, 0.05) is 25.4 Å². The molecule has 0 aromatic rings. The SMILES string of the molecule is CO[C@@H]1OC(CO)[C@H](O)[C@H](C(C)[C@]2(C(=O)O)C[C@@H](O)[C@@H](N)C([C@H](O)[C@H](O)CO)O2)C1OCO. The van der Waals surface area contributed by atoms with Crippen molar-refractivity contribution >= 4 is 5.97 Å². The summed E-state index contributed by atoms with van der Waals surface area (Å²) < 4.78 is 21.7. The molecule has 0 saturated carbocycles. The van der Waals surface area contributed by atoms with Crippen molar-refractivity contribution in [3.63, 3.8) is 0 Å². The quantitative estimate of drug-likeness (QED) is 0.132. The lowest BCUT2D eigenvalue weighted by Gasteiger charge is -2.53. The van der Waals surface area contributed by atoms with E-state index in [2.05, 4.69) is 0 Å². The number of aliphatic hydroxyl groups is 7. The Hall–Kier alpha value is -1.01. The summed E-state index contributed by atoms with van der Waals surface area (Å²) in [5.41, 5.74) is 3.63. The maximum Gasteiger partial charge on any atom is 0.336 e. The van der Waals surface area contributed by atoms with Gasteiger partial charge >= 0.3 is 5.97 Å². The largest absolute Gasteiger partial charge is 0.479 e. The van der Waals surface area contributed by atoms with Crippen molar-refractivity contribution in [2.45, 2.75) is 74.0 Å². The van der Waals surface area contributed by atoms with Crippen molar-refractivity contribution in [1.82, 2.24) is 0 Å². The Balaban J connectivity index is 2.53. The van der Waals surface area contributed by atoms with Gasteiger partial charge in [0.05, 0.1) is 31.5 Å². The lowest BCUT2D eigenvalue weighted by Crippen LogP contribution is -2.70. The fraction of sp³-hybridized carbons (Fsp3) is 0.947. The van der Waals surface area contributed by atoms with E-state index in [-0.39, 0.29) is 0 Å². The van der Waals surface area contributed by atoms with Crippen LogP contribution in [0.3, 0.4) is 0 Å². The van der Waals surface area contributed by atoms with Gasteiger partial charge in [-0.2, -0.15) is 0 Å². The van der Waals surface area contributed by atoms with E-state index in [4.69, 9.17) is 24.7 Å². The Morgan fingerprint density at radius 2 is 1.88 bits per heavy atom. The fourth-order valence-corrected chi connectivity index (χ4v) is 4.75. The van der Waals surface area contributed by atoms with E-state index < -0.39 is 105 Å². The molecule has 14 heteroatoms. The number of rotatable bonds is 10. The Bertz CT molecular complexity index is 641. The predicted molar refractivity (Wildman–Crippen MR) is 106 cm³/mol. The molecule has 4 unspecified atom stereocenters. The van der Waals surface area contributed by atoms with Gasteiger partial charge in [0.15, 0.2) is 11.9 Å². The van der Waals surface area contributed by atoms with Crippen molar-refractivity contribution in [3.05, 3.63) is 0 Å². The van der Waals surface area contributed by atoms with Gasteiger partial charge in [0.1, 0.15) is 37.3 Å². The van der Waals surface area contributed by atoms with Gasteiger partial charge in [-0.1, -0.05) is 6.92 Å². The molecular weight excluding hydrogens is 450 g/mol. The van der Waals surface area contributed by atoms with Crippen molar-refractivity contribution < 1.29 is 64.6 Å². The minimum atomic E-state index is -2.27.